The molecule has 1 aromatic rings. The average Bonchev–Trinajstić information content (AvgIpc) is 3.41. The third-order valence-corrected chi connectivity index (χ3v) is 4.96. The van der Waals surface area contributed by atoms with Crippen LogP contribution in [0.3, 0.4) is 0 Å². The normalized spacial score (nSPS) is 15.0. The van der Waals surface area contributed by atoms with Crippen LogP contribution in [0.1, 0.15) is 46.1 Å². The Morgan fingerprint density at radius 2 is 1.89 bits per heavy atom. The van der Waals surface area contributed by atoms with Crippen LogP contribution in [-0.4, -0.2) is 55.5 Å². The number of benzene rings is 1. The Morgan fingerprint density at radius 1 is 1.23 bits per heavy atom. The summed E-state index contributed by atoms with van der Waals surface area (Å²) in [6.07, 6.45) is 6.97. The molecule has 2 rings (SSSR count). The molecule has 8 nitrogen and oxygen atoms in total. The van der Waals surface area contributed by atoms with E-state index in [9.17, 15) is 14.4 Å². The van der Waals surface area contributed by atoms with Gasteiger partial charge in [-0.25, -0.2) is 0 Å². The van der Waals surface area contributed by atoms with Crippen molar-refractivity contribution in [1.29, 1.82) is 0 Å². The van der Waals surface area contributed by atoms with E-state index < -0.39 is 12.0 Å². The Labute approximate surface area is 209 Å². The van der Waals surface area contributed by atoms with Gasteiger partial charge in [-0.2, -0.15) is 0 Å². The van der Waals surface area contributed by atoms with Crippen molar-refractivity contribution in [3.8, 4) is 0 Å². The van der Waals surface area contributed by atoms with Gasteiger partial charge in [0.2, 0.25) is 11.8 Å². The lowest BCUT2D eigenvalue weighted by Gasteiger charge is -2.23. The number of nitrogens with zero attached hydrogens (tertiary/aromatic N) is 1. The summed E-state index contributed by atoms with van der Waals surface area (Å²) in [4.78, 5) is 36.9. The van der Waals surface area contributed by atoms with E-state index in [1.54, 1.807) is 13.2 Å². The molecule has 3 N–H and O–H groups in total. The molecular formula is C27H41N3O5. The van der Waals surface area contributed by atoms with Gasteiger partial charge >= 0.3 is 5.97 Å². The number of likely N-dealkylation sites (tertiary alicyclic amines) is 1. The molecule has 0 bridgehead atoms. The molecule has 0 saturated carbocycles. The molecular weight excluding hydrogens is 446 g/mol. The first-order valence-electron chi connectivity index (χ1n) is 11.8. The van der Waals surface area contributed by atoms with Crippen LogP contribution in [0.15, 0.2) is 66.5 Å². The van der Waals surface area contributed by atoms with E-state index in [0.717, 1.165) is 17.7 Å². The second kappa shape index (κ2) is 19.0. The Bertz CT molecular complexity index is 850. The summed E-state index contributed by atoms with van der Waals surface area (Å²) in [6, 6.07) is 8.73. The number of nitrogens with one attached hydrogen (secondary N) is 1. The number of carbonyl (C=O) groups excluding carboxylic acids is 3. The van der Waals surface area contributed by atoms with Crippen LogP contribution < -0.4 is 11.1 Å². The number of nitrogens with two attached hydrogens (primary N) is 1. The molecule has 194 valence electrons. The highest BCUT2D eigenvalue weighted by Gasteiger charge is 2.33. The minimum absolute atomic E-state index is 0.122. The maximum Gasteiger partial charge on any atom is 0.325 e. The van der Waals surface area contributed by atoms with Crippen molar-refractivity contribution in [1.82, 2.24) is 10.2 Å². The van der Waals surface area contributed by atoms with Crippen LogP contribution in [0, 0.1) is 0 Å². The predicted octanol–water partition coefficient (Wildman–Crippen LogP) is 3.49. The Balaban J connectivity index is 0.000000813. The molecule has 35 heavy (non-hydrogen) atoms. The number of carbonyl (C=O) groups is 3. The third-order valence-electron chi connectivity index (χ3n) is 4.96. The molecule has 1 saturated heterocycles. The van der Waals surface area contributed by atoms with Crippen LogP contribution in [0.2, 0.25) is 0 Å². The summed E-state index contributed by atoms with van der Waals surface area (Å²) < 4.78 is 10.1. The van der Waals surface area contributed by atoms with Crippen molar-refractivity contribution in [2.24, 2.45) is 5.73 Å². The molecule has 0 spiro atoms. The van der Waals surface area contributed by atoms with Crippen molar-refractivity contribution in [2.45, 2.75) is 53.2 Å². The maximum atomic E-state index is 12.1. The molecule has 2 amide bonds. The molecule has 1 aliphatic rings. The fourth-order valence-corrected chi connectivity index (χ4v) is 3.03. The molecule has 0 aliphatic carbocycles. The quantitative estimate of drug-likeness (QED) is 0.313. The first kappa shape index (κ1) is 31.6. The zero-order valence-electron chi connectivity index (χ0n) is 21.7. The third kappa shape index (κ3) is 12.6. The molecule has 1 fully saturated rings. The van der Waals surface area contributed by atoms with Crippen molar-refractivity contribution >= 4 is 17.8 Å². The number of allylic oxidation sites excluding steroid dienone is 4. The number of ether oxygens (including phenoxy) is 2. The summed E-state index contributed by atoms with van der Waals surface area (Å²) >= 11 is 0. The molecule has 1 aromatic carbocycles. The first-order chi connectivity index (χ1) is 16.9. The lowest BCUT2D eigenvalue weighted by molar-refractivity contribution is -0.145. The Hall–Kier alpha value is -3.39. The van der Waals surface area contributed by atoms with Gasteiger partial charge in [0.15, 0.2) is 0 Å². The van der Waals surface area contributed by atoms with Crippen LogP contribution in [-0.2, 0) is 30.5 Å². The summed E-state index contributed by atoms with van der Waals surface area (Å²) in [5, 5.41) is 2.52. The molecule has 1 unspecified atom stereocenters. The zero-order valence-corrected chi connectivity index (χ0v) is 21.7. The van der Waals surface area contributed by atoms with E-state index >= 15 is 0 Å². The van der Waals surface area contributed by atoms with E-state index in [1.807, 2.05) is 70.2 Å². The van der Waals surface area contributed by atoms with Gasteiger partial charge in [-0.05, 0) is 44.4 Å². The van der Waals surface area contributed by atoms with E-state index in [0.29, 0.717) is 13.0 Å². The summed E-state index contributed by atoms with van der Waals surface area (Å²) in [7, 11) is 1.64. The molecule has 0 radical (unpaired) electrons. The predicted molar refractivity (Wildman–Crippen MR) is 139 cm³/mol. The van der Waals surface area contributed by atoms with Crippen LogP contribution >= 0.6 is 0 Å². The van der Waals surface area contributed by atoms with Gasteiger partial charge in [-0.3, -0.25) is 14.4 Å². The standard InChI is InChI=1S/C16H21N3O4.C9H14O.C2H6/c17-9-14(20)19-8-4-7-13(19)16(22)18-10-15(21)23-11-12-5-2-1-3-6-12;1-5-8(3)7-9(6-2)10-4;1-2/h1-3,5-6,13H,4,7-11,17H2,(H,18,22);5-7H,2H2,1,3-4H3;1-2H3/b;8-5-,9-7+;. The first-order valence-corrected chi connectivity index (χ1v) is 11.8. The fraction of sp³-hybridized carbons (Fsp3) is 0.444. The smallest absolute Gasteiger partial charge is 0.325 e. The largest absolute Gasteiger partial charge is 0.497 e. The number of esters is 1. The SMILES string of the molecule is C=C/C(=C\C(C)=C/C)OC.CC.NCC(=O)N1CCCC1C(=O)NCC(=O)OCc1ccccc1. The van der Waals surface area contributed by atoms with Gasteiger partial charge in [-0.15, -0.1) is 0 Å². The fourth-order valence-electron chi connectivity index (χ4n) is 3.03. The molecule has 1 aliphatic heterocycles. The molecule has 1 atom stereocenters. The number of hydrogen-bond donors (Lipinski definition) is 2. The van der Waals surface area contributed by atoms with E-state index in [2.05, 4.69) is 11.9 Å². The highest BCUT2D eigenvalue weighted by Crippen LogP contribution is 2.17. The minimum Gasteiger partial charge on any atom is -0.497 e. The van der Waals surface area contributed by atoms with Crippen LogP contribution in [0.5, 0.6) is 0 Å². The second-order valence-corrected chi connectivity index (χ2v) is 7.30. The molecule has 0 aromatic heterocycles. The summed E-state index contributed by atoms with van der Waals surface area (Å²) in [5.41, 5.74) is 7.39. The maximum absolute atomic E-state index is 12.1. The highest BCUT2D eigenvalue weighted by atomic mass is 16.5. The van der Waals surface area contributed by atoms with Gasteiger partial charge in [0.05, 0.1) is 13.7 Å². The number of methoxy groups -OCH3 is 1. The molecule has 8 heteroatoms. The second-order valence-electron chi connectivity index (χ2n) is 7.30. The van der Waals surface area contributed by atoms with Crippen LogP contribution in [0.25, 0.3) is 0 Å². The summed E-state index contributed by atoms with van der Waals surface area (Å²) in [5.74, 6) is -0.317. The highest BCUT2D eigenvalue weighted by molar-refractivity contribution is 5.90. The number of hydrogen-bond acceptors (Lipinski definition) is 6. The van der Waals surface area contributed by atoms with Gasteiger partial charge < -0.3 is 25.4 Å². The lowest BCUT2D eigenvalue weighted by atomic mass is 10.2. The monoisotopic (exact) mass is 487 g/mol. The van der Waals surface area contributed by atoms with Crippen molar-refractivity contribution in [3.05, 3.63) is 72.0 Å². The number of amides is 2. The Kier molecular flexibility index (Phi) is 17.1. The van der Waals surface area contributed by atoms with Crippen molar-refractivity contribution in [3.63, 3.8) is 0 Å². The van der Waals surface area contributed by atoms with Gasteiger partial charge in [0, 0.05) is 6.54 Å². The minimum atomic E-state index is -0.548. The lowest BCUT2D eigenvalue weighted by Crippen LogP contribution is -2.48. The topological polar surface area (TPSA) is 111 Å². The van der Waals surface area contributed by atoms with Gasteiger partial charge in [0.1, 0.15) is 25.0 Å². The van der Waals surface area contributed by atoms with Gasteiger partial charge in [-0.1, -0.05) is 62.4 Å². The summed E-state index contributed by atoms with van der Waals surface area (Å²) in [6.45, 7) is 11.9. The van der Waals surface area contributed by atoms with E-state index in [4.69, 9.17) is 15.2 Å². The Morgan fingerprint density at radius 3 is 2.43 bits per heavy atom. The average molecular weight is 488 g/mol. The zero-order chi connectivity index (χ0) is 26.6. The van der Waals surface area contributed by atoms with E-state index in [1.165, 1.54) is 10.5 Å². The van der Waals surface area contributed by atoms with Crippen molar-refractivity contribution in [2.75, 3.05) is 26.7 Å². The van der Waals surface area contributed by atoms with Gasteiger partial charge in [0.25, 0.3) is 0 Å². The number of rotatable bonds is 9. The van der Waals surface area contributed by atoms with Crippen LogP contribution in [0.4, 0.5) is 0 Å². The molecule has 1 heterocycles. The van der Waals surface area contributed by atoms with Crippen molar-refractivity contribution < 1.29 is 23.9 Å². The van der Waals surface area contributed by atoms with E-state index in [-0.39, 0.29) is 31.5 Å².